The molecule has 5 nitrogen and oxygen atoms in total. The largest absolute Gasteiger partial charge is 0.345 e. The van der Waals surface area contributed by atoms with Crippen molar-refractivity contribution in [2.24, 2.45) is 0 Å². The minimum Gasteiger partial charge on any atom is -0.345 e. The summed E-state index contributed by atoms with van der Waals surface area (Å²) in [5, 5.41) is 6.71. The van der Waals surface area contributed by atoms with E-state index in [4.69, 9.17) is 11.6 Å². The monoisotopic (exact) mass is 315 g/mol. The molecule has 0 fully saturated rings. The number of aromatic nitrogens is 2. The van der Waals surface area contributed by atoms with E-state index in [-0.39, 0.29) is 12.5 Å². The minimum absolute atomic E-state index is 0.211. The highest BCUT2D eigenvalue weighted by Gasteiger charge is 2.08. The molecule has 1 aromatic carbocycles. The van der Waals surface area contributed by atoms with Crippen LogP contribution in [-0.4, -0.2) is 16.0 Å². The standard InChI is InChI=1S/C10H7BrClN3O2/c11-7-2-1-6(3-8(7)12)10(16)13-4-9-14-5-17-15-9/h1-3,5H,4H2,(H,13,16). The smallest absolute Gasteiger partial charge is 0.251 e. The van der Waals surface area contributed by atoms with Gasteiger partial charge in [0.2, 0.25) is 6.39 Å². The third-order valence-corrected chi connectivity index (χ3v) is 3.23. The maximum absolute atomic E-state index is 11.7. The maximum Gasteiger partial charge on any atom is 0.251 e. The fourth-order valence-corrected chi connectivity index (χ4v) is 1.60. The molecule has 17 heavy (non-hydrogen) atoms. The highest BCUT2D eigenvalue weighted by molar-refractivity contribution is 9.10. The van der Waals surface area contributed by atoms with Crippen LogP contribution < -0.4 is 5.32 Å². The quantitative estimate of drug-likeness (QED) is 0.944. The lowest BCUT2D eigenvalue weighted by Gasteiger charge is -2.03. The number of nitrogens with one attached hydrogen (secondary N) is 1. The maximum atomic E-state index is 11.7. The van der Waals surface area contributed by atoms with Crippen LogP contribution in [0.25, 0.3) is 0 Å². The van der Waals surface area contributed by atoms with Crippen LogP contribution in [0.5, 0.6) is 0 Å². The van der Waals surface area contributed by atoms with Gasteiger partial charge in [-0.2, -0.15) is 4.98 Å². The molecule has 1 amide bonds. The first-order valence-corrected chi connectivity index (χ1v) is 5.82. The minimum atomic E-state index is -0.246. The van der Waals surface area contributed by atoms with Crippen LogP contribution >= 0.6 is 27.5 Å². The molecule has 2 rings (SSSR count). The Balaban J connectivity index is 2.02. The first kappa shape index (κ1) is 12.1. The second-order valence-corrected chi connectivity index (χ2v) is 4.42. The van der Waals surface area contributed by atoms with Crippen LogP contribution in [0.3, 0.4) is 0 Å². The Morgan fingerprint density at radius 3 is 3.00 bits per heavy atom. The molecule has 0 radical (unpaired) electrons. The number of carbonyl (C=O) groups excluding carboxylic acids is 1. The fraction of sp³-hybridized carbons (Fsp3) is 0.100. The lowest BCUT2D eigenvalue weighted by Crippen LogP contribution is -2.23. The summed E-state index contributed by atoms with van der Waals surface area (Å²) >= 11 is 9.14. The molecule has 88 valence electrons. The van der Waals surface area contributed by atoms with E-state index in [1.54, 1.807) is 18.2 Å². The molecule has 7 heteroatoms. The van der Waals surface area contributed by atoms with Gasteiger partial charge >= 0.3 is 0 Å². The topological polar surface area (TPSA) is 68.0 Å². The summed E-state index contributed by atoms with van der Waals surface area (Å²) in [6, 6.07) is 4.96. The second-order valence-electron chi connectivity index (χ2n) is 3.16. The lowest BCUT2D eigenvalue weighted by molar-refractivity contribution is 0.0949. The molecule has 1 aromatic heterocycles. The number of halogens is 2. The van der Waals surface area contributed by atoms with Gasteiger partial charge in [0.05, 0.1) is 11.6 Å². The van der Waals surface area contributed by atoms with Crippen LogP contribution in [0.1, 0.15) is 16.2 Å². The summed E-state index contributed by atoms with van der Waals surface area (Å²) in [6.07, 6.45) is 1.21. The SMILES string of the molecule is O=C(NCc1ncon1)c1ccc(Br)c(Cl)c1. The molecule has 0 aliphatic carbocycles. The van der Waals surface area contributed by atoms with E-state index in [1.807, 2.05) is 0 Å². The first-order valence-electron chi connectivity index (χ1n) is 4.65. The zero-order valence-electron chi connectivity index (χ0n) is 8.48. The molecular weight excluding hydrogens is 309 g/mol. The predicted octanol–water partition coefficient (Wildman–Crippen LogP) is 2.42. The molecule has 1 heterocycles. The van der Waals surface area contributed by atoms with E-state index < -0.39 is 0 Å². The van der Waals surface area contributed by atoms with E-state index >= 15 is 0 Å². The number of rotatable bonds is 3. The van der Waals surface area contributed by atoms with Gasteiger partial charge in [-0.05, 0) is 34.1 Å². The van der Waals surface area contributed by atoms with E-state index in [0.29, 0.717) is 16.4 Å². The van der Waals surface area contributed by atoms with Crippen molar-refractivity contribution in [3.8, 4) is 0 Å². The summed E-state index contributed by atoms with van der Waals surface area (Å²) < 4.78 is 5.29. The van der Waals surface area contributed by atoms with E-state index in [0.717, 1.165) is 4.47 Å². The molecule has 0 bridgehead atoms. The molecule has 0 atom stereocenters. The van der Waals surface area contributed by atoms with Crippen molar-refractivity contribution in [3.63, 3.8) is 0 Å². The molecule has 0 unspecified atom stereocenters. The molecule has 0 spiro atoms. The highest BCUT2D eigenvalue weighted by Crippen LogP contribution is 2.23. The van der Waals surface area contributed by atoms with Gasteiger partial charge in [-0.15, -0.1) is 0 Å². The van der Waals surface area contributed by atoms with Crippen molar-refractivity contribution >= 4 is 33.4 Å². The summed E-state index contributed by atoms with van der Waals surface area (Å²) in [4.78, 5) is 15.5. The fourth-order valence-electron chi connectivity index (χ4n) is 1.17. The number of benzene rings is 1. The molecule has 2 aromatic rings. The molecule has 0 aliphatic heterocycles. The molecule has 0 saturated heterocycles. The number of amides is 1. The highest BCUT2D eigenvalue weighted by atomic mass is 79.9. The van der Waals surface area contributed by atoms with E-state index in [1.165, 1.54) is 6.39 Å². The summed E-state index contributed by atoms with van der Waals surface area (Å²) in [5.74, 6) is 0.172. The Kier molecular flexibility index (Phi) is 3.75. The number of carbonyl (C=O) groups is 1. The normalized spacial score (nSPS) is 10.2. The van der Waals surface area contributed by atoms with E-state index in [2.05, 4.69) is 35.9 Å². The Morgan fingerprint density at radius 2 is 2.35 bits per heavy atom. The van der Waals surface area contributed by atoms with Crippen molar-refractivity contribution in [1.29, 1.82) is 0 Å². The van der Waals surface area contributed by atoms with Gasteiger partial charge in [0.15, 0.2) is 5.82 Å². The van der Waals surface area contributed by atoms with Crippen molar-refractivity contribution in [1.82, 2.24) is 15.5 Å². The Morgan fingerprint density at radius 1 is 1.53 bits per heavy atom. The van der Waals surface area contributed by atoms with Gasteiger partial charge < -0.3 is 9.84 Å². The first-order chi connectivity index (χ1) is 8.16. The number of hydrogen-bond acceptors (Lipinski definition) is 4. The van der Waals surface area contributed by atoms with E-state index in [9.17, 15) is 4.79 Å². The molecule has 0 aliphatic rings. The van der Waals surface area contributed by atoms with Gasteiger partial charge in [-0.25, -0.2) is 0 Å². The van der Waals surface area contributed by atoms with Gasteiger partial charge in [0.1, 0.15) is 0 Å². The Labute approximate surface area is 110 Å². The van der Waals surface area contributed by atoms with Crippen LogP contribution in [0.15, 0.2) is 33.6 Å². The van der Waals surface area contributed by atoms with Crippen molar-refractivity contribution < 1.29 is 9.32 Å². The molecule has 1 N–H and O–H groups in total. The van der Waals surface area contributed by atoms with Crippen LogP contribution in [0.2, 0.25) is 5.02 Å². The van der Waals surface area contributed by atoms with Gasteiger partial charge in [-0.3, -0.25) is 4.79 Å². The van der Waals surface area contributed by atoms with Crippen LogP contribution in [-0.2, 0) is 6.54 Å². The summed E-state index contributed by atoms with van der Waals surface area (Å²) in [7, 11) is 0. The number of hydrogen-bond donors (Lipinski definition) is 1. The Hall–Kier alpha value is -1.40. The summed E-state index contributed by atoms with van der Waals surface area (Å²) in [6.45, 7) is 0.211. The van der Waals surface area contributed by atoms with Gasteiger partial charge in [-0.1, -0.05) is 16.8 Å². The zero-order valence-corrected chi connectivity index (χ0v) is 10.8. The lowest BCUT2D eigenvalue weighted by atomic mass is 10.2. The van der Waals surface area contributed by atoms with Gasteiger partial charge in [0.25, 0.3) is 5.91 Å². The average Bonchev–Trinajstić information content (AvgIpc) is 2.82. The number of nitrogens with zero attached hydrogens (tertiary/aromatic N) is 2. The van der Waals surface area contributed by atoms with Crippen LogP contribution in [0, 0.1) is 0 Å². The molecular formula is C10H7BrClN3O2. The zero-order chi connectivity index (χ0) is 12.3. The third-order valence-electron chi connectivity index (χ3n) is 2.00. The molecule has 0 saturated carbocycles. The average molecular weight is 317 g/mol. The van der Waals surface area contributed by atoms with Gasteiger partial charge in [0, 0.05) is 10.0 Å². The predicted molar refractivity (Wildman–Crippen MR) is 64.6 cm³/mol. The van der Waals surface area contributed by atoms with Crippen LogP contribution in [0.4, 0.5) is 0 Å². The van der Waals surface area contributed by atoms with Crippen molar-refractivity contribution in [2.45, 2.75) is 6.54 Å². The summed E-state index contributed by atoms with van der Waals surface area (Å²) in [5.41, 5.74) is 0.474. The Bertz CT molecular complexity index is 530. The van der Waals surface area contributed by atoms with Crippen molar-refractivity contribution in [2.75, 3.05) is 0 Å². The third kappa shape index (κ3) is 3.04. The second kappa shape index (κ2) is 5.29. The van der Waals surface area contributed by atoms with Crippen molar-refractivity contribution in [3.05, 3.63) is 45.5 Å².